The zero-order valence-corrected chi connectivity index (χ0v) is 17.0. The molecule has 0 aliphatic rings. The Morgan fingerprint density at radius 3 is 2.56 bits per heavy atom. The molecule has 1 amide bonds. The second-order valence-electron chi connectivity index (χ2n) is 7.96. The molecule has 0 unspecified atom stereocenters. The number of amides is 1. The van der Waals surface area contributed by atoms with Crippen molar-refractivity contribution in [1.29, 1.82) is 0 Å². The second kappa shape index (κ2) is 7.51. The molecule has 142 valence electrons. The summed E-state index contributed by atoms with van der Waals surface area (Å²) in [5, 5.41) is 5.31. The number of hydrogen-bond donors (Lipinski definition) is 0. The highest BCUT2D eigenvalue weighted by Gasteiger charge is 2.19. The Hall–Kier alpha value is -2.69. The van der Waals surface area contributed by atoms with Gasteiger partial charge in [-0.2, -0.15) is 5.10 Å². The number of aromatic nitrogens is 3. The van der Waals surface area contributed by atoms with Crippen LogP contribution in [0.3, 0.4) is 0 Å². The minimum atomic E-state index is 0.0254. The van der Waals surface area contributed by atoms with Gasteiger partial charge in [0.25, 0.3) is 5.91 Å². The lowest BCUT2D eigenvalue weighted by atomic mass is 10.0. The van der Waals surface area contributed by atoms with Gasteiger partial charge >= 0.3 is 0 Å². The number of pyridine rings is 1. The summed E-state index contributed by atoms with van der Waals surface area (Å²) in [6.07, 6.45) is 3.80. The van der Waals surface area contributed by atoms with Crippen molar-refractivity contribution in [2.24, 2.45) is 5.92 Å². The van der Waals surface area contributed by atoms with Crippen LogP contribution in [0.2, 0.25) is 0 Å². The SMILES string of the molecule is Cc1ccc2c(C(=O)N(C)CC(C)C)cc(-c3cnn(C(C)C)c3)nc2c1. The highest BCUT2D eigenvalue weighted by Crippen LogP contribution is 2.27. The Bertz CT molecular complexity index is 972. The van der Waals surface area contributed by atoms with Crippen LogP contribution in [-0.2, 0) is 0 Å². The van der Waals surface area contributed by atoms with Crippen LogP contribution in [0.1, 0.15) is 49.7 Å². The third-order valence-corrected chi connectivity index (χ3v) is 4.61. The van der Waals surface area contributed by atoms with Crippen molar-refractivity contribution >= 4 is 16.8 Å². The quantitative estimate of drug-likeness (QED) is 0.658. The first-order chi connectivity index (χ1) is 12.8. The van der Waals surface area contributed by atoms with Crippen molar-refractivity contribution < 1.29 is 4.79 Å². The van der Waals surface area contributed by atoms with Gasteiger partial charge in [0.2, 0.25) is 0 Å². The zero-order valence-electron chi connectivity index (χ0n) is 17.0. The number of fused-ring (bicyclic) bond motifs is 1. The van der Waals surface area contributed by atoms with Crippen LogP contribution in [0.25, 0.3) is 22.2 Å². The molecule has 0 N–H and O–H groups in total. The standard InChI is InChI=1S/C22H28N4O/c1-14(2)12-25(6)22(27)19-10-20(17-11-23-26(13-17)15(3)4)24-21-9-16(5)7-8-18(19)21/h7-11,13-15H,12H2,1-6H3. The normalized spacial score (nSPS) is 11.6. The van der Waals surface area contributed by atoms with E-state index in [0.717, 1.165) is 34.3 Å². The summed E-state index contributed by atoms with van der Waals surface area (Å²) in [6, 6.07) is 8.23. The van der Waals surface area contributed by atoms with Gasteiger partial charge in [-0.1, -0.05) is 26.0 Å². The minimum Gasteiger partial charge on any atom is -0.341 e. The highest BCUT2D eigenvalue weighted by atomic mass is 16.2. The van der Waals surface area contributed by atoms with Crippen LogP contribution in [0, 0.1) is 12.8 Å². The third-order valence-electron chi connectivity index (χ3n) is 4.61. The summed E-state index contributed by atoms with van der Waals surface area (Å²) in [6.45, 7) is 11.2. The molecule has 0 aliphatic heterocycles. The fourth-order valence-electron chi connectivity index (χ4n) is 3.25. The van der Waals surface area contributed by atoms with Gasteiger partial charge in [-0.25, -0.2) is 4.98 Å². The first-order valence-electron chi connectivity index (χ1n) is 9.47. The van der Waals surface area contributed by atoms with Crippen molar-refractivity contribution in [2.75, 3.05) is 13.6 Å². The van der Waals surface area contributed by atoms with E-state index < -0.39 is 0 Å². The molecule has 2 aromatic heterocycles. The first kappa shape index (κ1) is 19.1. The maximum absolute atomic E-state index is 13.2. The molecule has 5 heteroatoms. The monoisotopic (exact) mass is 364 g/mol. The molecule has 27 heavy (non-hydrogen) atoms. The number of aryl methyl sites for hydroxylation is 1. The number of rotatable bonds is 5. The van der Waals surface area contributed by atoms with E-state index >= 15 is 0 Å². The average molecular weight is 364 g/mol. The van der Waals surface area contributed by atoms with Gasteiger partial charge in [0.15, 0.2) is 0 Å². The number of benzene rings is 1. The number of carbonyl (C=O) groups is 1. The Balaban J connectivity index is 2.14. The van der Waals surface area contributed by atoms with Crippen molar-refractivity contribution in [3.05, 3.63) is 47.8 Å². The van der Waals surface area contributed by atoms with Crippen molar-refractivity contribution in [2.45, 2.75) is 40.7 Å². The van der Waals surface area contributed by atoms with E-state index in [9.17, 15) is 4.79 Å². The van der Waals surface area contributed by atoms with Gasteiger partial charge in [-0.15, -0.1) is 0 Å². The zero-order chi connectivity index (χ0) is 19.7. The molecule has 3 aromatic rings. The lowest BCUT2D eigenvalue weighted by Gasteiger charge is -2.20. The van der Waals surface area contributed by atoms with E-state index in [1.54, 1.807) is 4.90 Å². The molecule has 0 aliphatic carbocycles. The summed E-state index contributed by atoms with van der Waals surface area (Å²) in [5.74, 6) is 0.440. The molecule has 0 atom stereocenters. The van der Waals surface area contributed by atoms with Gasteiger partial charge in [0.05, 0.1) is 23.0 Å². The van der Waals surface area contributed by atoms with Crippen LogP contribution < -0.4 is 0 Å². The molecule has 1 aromatic carbocycles. The van der Waals surface area contributed by atoms with Gasteiger partial charge in [-0.05, 0) is 44.4 Å². The molecule has 0 saturated heterocycles. The summed E-state index contributed by atoms with van der Waals surface area (Å²) < 4.78 is 1.91. The summed E-state index contributed by atoms with van der Waals surface area (Å²) in [4.78, 5) is 19.8. The molecule has 0 saturated carbocycles. The summed E-state index contributed by atoms with van der Waals surface area (Å²) in [7, 11) is 1.86. The Morgan fingerprint density at radius 2 is 1.93 bits per heavy atom. The topological polar surface area (TPSA) is 51.0 Å². The summed E-state index contributed by atoms with van der Waals surface area (Å²) in [5.41, 5.74) is 4.36. The Morgan fingerprint density at radius 1 is 1.19 bits per heavy atom. The van der Waals surface area contributed by atoms with E-state index in [2.05, 4.69) is 32.8 Å². The highest BCUT2D eigenvalue weighted by molar-refractivity contribution is 6.07. The fourth-order valence-corrected chi connectivity index (χ4v) is 3.25. The van der Waals surface area contributed by atoms with E-state index in [1.807, 2.05) is 55.3 Å². The van der Waals surface area contributed by atoms with Gasteiger partial charge in [-0.3, -0.25) is 9.48 Å². The van der Waals surface area contributed by atoms with Crippen LogP contribution >= 0.6 is 0 Å². The largest absolute Gasteiger partial charge is 0.341 e. The lowest BCUT2D eigenvalue weighted by molar-refractivity contribution is 0.0781. The average Bonchev–Trinajstić information content (AvgIpc) is 3.09. The Labute approximate surface area is 161 Å². The third kappa shape index (κ3) is 4.02. The lowest BCUT2D eigenvalue weighted by Crippen LogP contribution is -2.30. The van der Waals surface area contributed by atoms with Crippen molar-refractivity contribution in [3.8, 4) is 11.3 Å². The molecule has 0 radical (unpaired) electrons. The fraction of sp³-hybridized carbons (Fsp3) is 0.409. The molecular formula is C22H28N4O. The van der Waals surface area contributed by atoms with Crippen LogP contribution in [-0.4, -0.2) is 39.2 Å². The number of nitrogens with zero attached hydrogens (tertiary/aromatic N) is 4. The van der Waals surface area contributed by atoms with Crippen LogP contribution in [0.5, 0.6) is 0 Å². The molecule has 0 fully saturated rings. The van der Waals surface area contributed by atoms with Crippen LogP contribution in [0.15, 0.2) is 36.7 Å². The molecule has 0 spiro atoms. The molecular weight excluding hydrogens is 336 g/mol. The van der Waals surface area contributed by atoms with E-state index in [1.165, 1.54) is 0 Å². The maximum Gasteiger partial charge on any atom is 0.254 e. The minimum absolute atomic E-state index is 0.0254. The van der Waals surface area contributed by atoms with Gasteiger partial charge in [0.1, 0.15) is 0 Å². The van der Waals surface area contributed by atoms with Crippen molar-refractivity contribution in [3.63, 3.8) is 0 Å². The van der Waals surface area contributed by atoms with Crippen molar-refractivity contribution in [1.82, 2.24) is 19.7 Å². The summed E-state index contributed by atoms with van der Waals surface area (Å²) >= 11 is 0. The van der Waals surface area contributed by atoms with E-state index in [0.29, 0.717) is 11.5 Å². The van der Waals surface area contributed by atoms with E-state index in [4.69, 9.17) is 4.98 Å². The smallest absolute Gasteiger partial charge is 0.254 e. The molecule has 2 heterocycles. The second-order valence-corrected chi connectivity index (χ2v) is 7.96. The Kier molecular flexibility index (Phi) is 5.31. The number of carbonyl (C=O) groups excluding carboxylic acids is 1. The first-order valence-corrected chi connectivity index (χ1v) is 9.47. The predicted octanol–water partition coefficient (Wildman–Crippen LogP) is 4.72. The maximum atomic E-state index is 13.2. The molecule has 3 rings (SSSR count). The van der Waals surface area contributed by atoms with Crippen LogP contribution in [0.4, 0.5) is 0 Å². The van der Waals surface area contributed by atoms with Gasteiger partial charge < -0.3 is 4.90 Å². The molecule has 0 bridgehead atoms. The number of hydrogen-bond acceptors (Lipinski definition) is 3. The van der Waals surface area contributed by atoms with E-state index in [-0.39, 0.29) is 11.9 Å². The predicted molar refractivity (Wildman–Crippen MR) is 110 cm³/mol. The molecule has 5 nitrogen and oxygen atoms in total. The van der Waals surface area contributed by atoms with Gasteiger partial charge in [0, 0.05) is 36.8 Å².